The molecule has 0 saturated carbocycles. The summed E-state index contributed by atoms with van der Waals surface area (Å²) in [5.41, 5.74) is 1.26. The van der Waals surface area contributed by atoms with E-state index in [1.54, 1.807) is 0 Å². The minimum absolute atomic E-state index is 0.497. The molecule has 1 aliphatic rings. The standard InChI is InChI=1S/C16H25N5O/c1-3-21-11-14(7-18-21)8-19-9-15(13-22-4-2)10-20-6-5-17-16(20)12-19/h5-7,11,15H,3-4,8-10,12-13H2,1-2H3. The normalized spacial score (nSPS) is 19.1. The van der Waals surface area contributed by atoms with Gasteiger partial charge in [-0.25, -0.2) is 4.98 Å². The minimum Gasteiger partial charge on any atom is -0.381 e. The first-order valence-electron chi connectivity index (χ1n) is 8.10. The molecule has 0 amide bonds. The Kier molecular flexibility index (Phi) is 4.90. The van der Waals surface area contributed by atoms with Gasteiger partial charge in [-0.1, -0.05) is 0 Å². The summed E-state index contributed by atoms with van der Waals surface area (Å²) in [7, 11) is 0. The summed E-state index contributed by atoms with van der Waals surface area (Å²) in [5.74, 6) is 1.64. The number of aryl methyl sites for hydroxylation is 1. The maximum absolute atomic E-state index is 5.66. The number of fused-ring (bicyclic) bond motifs is 1. The predicted octanol–water partition coefficient (Wildman–Crippen LogP) is 1.77. The Hall–Kier alpha value is -1.66. The molecule has 1 aliphatic heterocycles. The van der Waals surface area contributed by atoms with E-state index < -0.39 is 0 Å². The van der Waals surface area contributed by atoms with Crippen LogP contribution in [0.2, 0.25) is 0 Å². The molecule has 0 radical (unpaired) electrons. The number of aromatic nitrogens is 4. The molecule has 120 valence electrons. The molecule has 0 bridgehead atoms. The van der Waals surface area contributed by atoms with Gasteiger partial charge in [0.1, 0.15) is 5.82 Å². The molecule has 0 fully saturated rings. The van der Waals surface area contributed by atoms with Gasteiger partial charge in [-0.15, -0.1) is 0 Å². The summed E-state index contributed by atoms with van der Waals surface area (Å²) in [5, 5.41) is 4.37. The third kappa shape index (κ3) is 3.56. The number of nitrogens with zero attached hydrogens (tertiary/aromatic N) is 5. The maximum atomic E-state index is 5.66. The fourth-order valence-corrected chi connectivity index (χ4v) is 3.05. The third-order valence-corrected chi connectivity index (χ3v) is 4.11. The minimum atomic E-state index is 0.497. The van der Waals surface area contributed by atoms with Gasteiger partial charge in [-0.05, 0) is 13.8 Å². The molecule has 3 heterocycles. The molecule has 0 N–H and O–H groups in total. The van der Waals surface area contributed by atoms with Crippen molar-refractivity contribution >= 4 is 0 Å². The summed E-state index contributed by atoms with van der Waals surface area (Å²) >= 11 is 0. The lowest BCUT2D eigenvalue weighted by molar-refractivity contribution is 0.0851. The van der Waals surface area contributed by atoms with E-state index in [0.717, 1.165) is 51.8 Å². The molecule has 1 atom stereocenters. The second kappa shape index (κ2) is 7.07. The molecule has 22 heavy (non-hydrogen) atoms. The van der Waals surface area contributed by atoms with Gasteiger partial charge in [0.15, 0.2) is 0 Å². The molecule has 2 aromatic rings. The van der Waals surface area contributed by atoms with Crippen LogP contribution in [0.4, 0.5) is 0 Å². The highest BCUT2D eigenvalue weighted by atomic mass is 16.5. The van der Waals surface area contributed by atoms with E-state index in [0.29, 0.717) is 5.92 Å². The SMILES string of the molecule is CCOCC1CN(Cc2cnn(CC)c2)Cc2nccn2C1. The molecule has 0 aromatic carbocycles. The molecular weight excluding hydrogens is 278 g/mol. The van der Waals surface area contributed by atoms with Crippen LogP contribution in [0, 0.1) is 5.92 Å². The Bertz CT molecular complexity index is 591. The van der Waals surface area contributed by atoms with Crippen molar-refractivity contribution in [1.29, 1.82) is 0 Å². The van der Waals surface area contributed by atoms with Gasteiger partial charge in [-0.3, -0.25) is 9.58 Å². The number of hydrogen-bond donors (Lipinski definition) is 0. The lowest BCUT2D eigenvalue weighted by atomic mass is 10.1. The second-order valence-corrected chi connectivity index (χ2v) is 5.90. The van der Waals surface area contributed by atoms with Gasteiger partial charge in [0.05, 0.1) is 19.3 Å². The Balaban J connectivity index is 1.71. The molecule has 0 aliphatic carbocycles. The second-order valence-electron chi connectivity index (χ2n) is 5.90. The van der Waals surface area contributed by atoms with Crippen molar-refractivity contribution in [3.63, 3.8) is 0 Å². The van der Waals surface area contributed by atoms with Gasteiger partial charge in [-0.2, -0.15) is 5.10 Å². The van der Waals surface area contributed by atoms with Crippen LogP contribution in [-0.2, 0) is 30.9 Å². The van der Waals surface area contributed by atoms with Gasteiger partial charge in [0, 0.05) is 62.9 Å². The Morgan fingerprint density at radius 1 is 1.32 bits per heavy atom. The average Bonchev–Trinajstić information content (AvgIpc) is 3.11. The first kappa shape index (κ1) is 15.2. The third-order valence-electron chi connectivity index (χ3n) is 4.11. The summed E-state index contributed by atoms with van der Waals surface area (Å²) < 4.78 is 9.90. The molecule has 0 spiro atoms. The lowest BCUT2D eigenvalue weighted by Gasteiger charge is -2.23. The summed E-state index contributed by atoms with van der Waals surface area (Å²) in [6, 6.07) is 0. The average molecular weight is 303 g/mol. The Morgan fingerprint density at radius 3 is 3.00 bits per heavy atom. The largest absolute Gasteiger partial charge is 0.381 e. The monoisotopic (exact) mass is 303 g/mol. The predicted molar refractivity (Wildman–Crippen MR) is 84.2 cm³/mol. The van der Waals surface area contributed by atoms with Crippen molar-refractivity contribution in [2.75, 3.05) is 19.8 Å². The first-order chi connectivity index (χ1) is 10.8. The summed E-state index contributed by atoms with van der Waals surface area (Å²) in [6.45, 7) is 10.5. The molecular formula is C16H25N5O. The van der Waals surface area contributed by atoms with E-state index in [-0.39, 0.29) is 0 Å². The van der Waals surface area contributed by atoms with E-state index in [2.05, 4.69) is 45.8 Å². The topological polar surface area (TPSA) is 48.1 Å². The molecule has 6 nitrogen and oxygen atoms in total. The van der Waals surface area contributed by atoms with Crippen LogP contribution >= 0.6 is 0 Å². The van der Waals surface area contributed by atoms with Crippen LogP contribution in [0.25, 0.3) is 0 Å². The highest BCUT2D eigenvalue weighted by molar-refractivity contribution is 5.05. The van der Waals surface area contributed by atoms with Crippen LogP contribution in [-0.4, -0.2) is 44.0 Å². The zero-order valence-electron chi connectivity index (χ0n) is 13.5. The van der Waals surface area contributed by atoms with Crippen LogP contribution in [0.5, 0.6) is 0 Å². The molecule has 0 saturated heterocycles. The fourth-order valence-electron chi connectivity index (χ4n) is 3.05. The van der Waals surface area contributed by atoms with E-state index in [1.165, 1.54) is 5.56 Å². The van der Waals surface area contributed by atoms with Crippen molar-refractivity contribution in [3.05, 3.63) is 36.2 Å². The van der Waals surface area contributed by atoms with Gasteiger partial charge >= 0.3 is 0 Å². The van der Waals surface area contributed by atoms with Gasteiger partial charge < -0.3 is 9.30 Å². The van der Waals surface area contributed by atoms with E-state index in [9.17, 15) is 0 Å². The zero-order chi connectivity index (χ0) is 15.4. The van der Waals surface area contributed by atoms with Crippen LogP contribution in [0.3, 0.4) is 0 Å². The van der Waals surface area contributed by atoms with Crippen LogP contribution < -0.4 is 0 Å². The number of ether oxygens (including phenoxy) is 1. The van der Waals surface area contributed by atoms with Gasteiger partial charge in [0.2, 0.25) is 0 Å². The molecule has 1 unspecified atom stereocenters. The summed E-state index contributed by atoms with van der Waals surface area (Å²) in [4.78, 5) is 6.96. The molecule has 6 heteroatoms. The molecule has 2 aromatic heterocycles. The van der Waals surface area contributed by atoms with Gasteiger partial charge in [0.25, 0.3) is 0 Å². The number of imidazole rings is 1. The van der Waals surface area contributed by atoms with Crippen molar-refractivity contribution in [2.24, 2.45) is 5.92 Å². The smallest absolute Gasteiger partial charge is 0.122 e. The van der Waals surface area contributed by atoms with Crippen molar-refractivity contribution in [3.8, 4) is 0 Å². The van der Waals surface area contributed by atoms with E-state index >= 15 is 0 Å². The lowest BCUT2D eigenvalue weighted by Crippen LogP contribution is -2.30. The highest BCUT2D eigenvalue weighted by Crippen LogP contribution is 2.18. The Morgan fingerprint density at radius 2 is 2.23 bits per heavy atom. The fraction of sp³-hybridized carbons (Fsp3) is 0.625. The van der Waals surface area contributed by atoms with Crippen molar-refractivity contribution in [1.82, 2.24) is 24.2 Å². The number of hydrogen-bond acceptors (Lipinski definition) is 4. The van der Waals surface area contributed by atoms with E-state index in [1.807, 2.05) is 17.1 Å². The van der Waals surface area contributed by atoms with Crippen LogP contribution in [0.15, 0.2) is 24.8 Å². The number of rotatable bonds is 6. The van der Waals surface area contributed by atoms with Crippen LogP contribution in [0.1, 0.15) is 25.2 Å². The van der Waals surface area contributed by atoms with E-state index in [4.69, 9.17) is 4.74 Å². The van der Waals surface area contributed by atoms with Crippen molar-refractivity contribution in [2.45, 2.75) is 40.0 Å². The quantitative estimate of drug-likeness (QED) is 0.816. The summed E-state index contributed by atoms with van der Waals surface area (Å²) in [6.07, 6.45) is 8.08. The molecule has 3 rings (SSSR count). The Labute approximate surface area is 131 Å². The first-order valence-corrected chi connectivity index (χ1v) is 8.10. The maximum Gasteiger partial charge on any atom is 0.122 e. The highest BCUT2D eigenvalue weighted by Gasteiger charge is 2.22. The van der Waals surface area contributed by atoms with Crippen molar-refractivity contribution < 1.29 is 4.74 Å². The zero-order valence-corrected chi connectivity index (χ0v) is 13.5.